The Balaban J connectivity index is 1.50. The number of aryl methyl sites for hydroxylation is 1. The molecule has 2 aromatic carbocycles. The van der Waals surface area contributed by atoms with Gasteiger partial charge in [0.05, 0.1) is 24.2 Å². The molecule has 0 saturated heterocycles. The van der Waals surface area contributed by atoms with Gasteiger partial charge in [-0.1, -0.05) is 12.1 Å². The Morgan fingerprint density at radius 2 is 1.79 bits per heavy atom. The number of aromatic nitrogens is 1. The van der Waals surface area contributed by atoms with Crippen molar-refractivity contribution >= 4 is 28.9 Å². The summed E-state index contributed by atoms with van der Waals surface area (Å²) in [5, 5.41) is 5.60. The molecule has 3 aromatic rings. The molecule has 6 nitrogen and oxygen atoms in total. The number of thiazole rings is 1. The first-order chi connectivity index (χ1) is 13.5. The van der Waals surface area contributed by atoms with E-state index < -0.39 is 0 Å². The first kappa shape index (κ1) is 19.6. The number of benzene rings is 2. The fraction of sp³-hybridized carbons (Fsp3) is 0.190. The third-order valence-electron chi connectivity index (χ3n) is 3.96. The molecule has 0 unspecified atom stereocenters. The van der Waals surface area contributed by atoms with Crippen LogP contribution in [-0.4, -0.2) is 24.0 Å². The Kier molecular flexibility index (Phi) is 6.39. The molecule has 7 heteroatoms. The van der Waals surface area contributed by atoms with Crippen molar-refractivity contribution in [2.24, 2.45) is 0 Å². The largest absolute Gasteiger partial charge is 0.497 e. The van der Waals surface area contributed by atoms with E-state index in [1.165, 1.54) is 11.3 Å². The number of ether oxygens (including phenoxy) is 2. The van der Waals surface area contributed by atoms with Crippen LogP contribution in [0.3, 0.4) is 0 Å². The summed E-state index contributed by atoms with van der Waals surface area (Å²) < 4.78 is 10.4. The molecule has 0 atom stereocenters. The van der Waals surface area contributed by atoms with E-state index in [1.54, 1.807) is 55.6 Å². The molecule has 0 spiro atoms. The van der Waals surface area contributed by atoms with Gasteiger partial charge in [0.2, 0.25) is 0 Å². The molecule has 1 aromatic heterocycles. The highest BCUT2D eigenvalue weighted by molar-refractivity contribution is 7.09. The van der Waals surface area contributed by atoms with Crippen LogP contribution < -0.4 is 10.1 Å². The van der Waals surface area contributed by atoms with Crippen LogP contribution in [0.25, 0.3) is 0 Å². The van der Waals surface area contributed by atoms with E-state index in [1.807, 2.05) is 12.3 Å². The zero-order chi connectivity index (χ0) is 19.9. The number of hydrogen-bond acceptors (Lipinski definition) is 6. The van der Waals surface area contributed by atoms with Crippen LogP contribution in [0.1, 0.15) is 26.6 Å². The van der Waals surface area contributed by atoms with Crippen LogP contribution >= 0.6 is 11.3 Å². The van der Waals surface area contributed by atoms with Crippen molar-refractivity contribution in [1.29, 1.82) is 0 Å². The van der Waals surface area contributed by atoms with E-state index in [2.05, 4.69) is 10.3 Å². The van der Waals surface area contributed by atoms with Gasteiger partial charge in [-0.2, -0.15) is 0 Å². The molecule has 0 bridgehead atoms. The number of nitrogens with zero attached hydrogens (tertiary/aromatic N) is 1. The number of anilines is 1. The van der Waals surface area contributed by atoms with Gasteiger partial charge in [-0.3, -0.25) is 9.59 Å². The van der Waals surface area contributed by atoms with E-state index in [0.717, 1.165) is 22.0 Å². The third kappa shape index (κ3) is 5.40. The molecular formula is C21H20N2O4S. The van der Waals surface area contributed by atoms with Gasteiger partial charge in [0, 0.05) is 16.6 Å². The summed E-state index contributed by atoms with van der Waals surface area (Å²) >= 11 is 1.50. The van der Waals surface area contributed by atoms with Gasteiger partial charge in [-0.05, 0) is 48.9 Å². The molecule has 144 valence electrons. The number of esters is 1. The van der Waals surface area contributed by atoms with Gasteiger partial charge >= 0.3 is 5.97 Å². The van der Waals surface area contributed by atoms with E-state index in [-0.39, 0.29) is 24.9 Å². The van der Waals surface area contributed by atoms with Crippen LogP contribution in [0, 0.1) is 6.92 Å². The van der Waals surface area contributed by atoms with Crippen molar-refractivity contribution in [3.8, 4) is 5.75 Å². The molecule has 0 aliphatic carbocycles. The van der Waals surface area contributed by atoms with E-state index in [9.17, 15) is 9.59 Å². The fourth-order valence-electron chi connectivity index (χ4n) is 2.48. The van der Waals surface area contributed by atoms with Crippen LogP contribution in [0.5, 0.6) is 5.75 Å². The summed E-state index contributed by atoms with van der Waals surface area (Å²) in [6, 6.07) is 14.0. The average molecular weight is 396 g/mol. The zero-order valence-electron chi connectivity index (χ0n) is 15.6. The Morgan fingerprint density at radius 1 is 1.07 bits per heavy atom. The number of nitrogens with one attached hydrogen (secondary N) is 1. The summed E-state index contributed by atoms with van der Waals surface area (Å²) in [4.78, 5) is 28.5. The Labute approximate surface area is 167 Å². The monoisotopic (exact) mass is 396 g/mol. The number of methoxy groups -OCH3 is 1. The second-order valence-corrected chi connectivity index (χ2v) is 7.14. The first-order valence-corrected chi connectivity index (χ1v) is 9.52. The summed E-state index contributed by atoms with van der Waals surface area (Å²) in [6.07, 6.45) is 0.159. The summed E-state index contributed by atoms with van der Waals surface area (Å²) in [7, 11) is 1.59. The molecule has 1 N–H and O–H groups in total. The number of rotatable bonds is 7. The smallest absolute Gasteiger partial charge is 0.312 e. The van der Waals surface area contributed by atoms with E-state index in [4.69, 9.17) is 9.47 Å². The molecule has 3 rings (SSSR count). The maximum Gasteiger partial charge on any atom is 0.312 e. The van der Waals surface area contributed by atoms with Gasteiger partial charge in [-0.25, -0.2) is 4.98 Å². The Bertz CT molecular complexity index is 949. The van der Waals surface area contributed by atoms with Crippen molar-refractivity contribution < 1.29 is 19.1 Å². The zero-order valence-corrected chi connectivity index (χ0v) is 16.4. The minimum Gasteiger partial charge on any atom is -0.497 e. The van der Waals surface area contributed by atoms with Crippen molar-refractivity contribution in [3.05, 3.63) is 75.7 Å². The molecular weight excluding hydrogens is 376 g/mol. The van der Waals surface area contributed by atoms with Crippen LogP contribution in [0.15, 0.2) is 53.9 Å². The molecule has 0 aliphatic heterocycles. The van der Waals surface area contributed by atoms with Gasteiger partial charge in [0.1, 0.15) is 12.4 Å². The number of carbonyl (C=O) groups is 2. The normalized spacial score (nSPS) is 10.4. The van der Waals surface area contributed by atoms with E-state index in [0.29, 0.717) is 11.3 Å². The highest BCUT2D eigenvalue weighted by Gasteiger charge is 2.09. The van der Waals surface area contributed by atoms with Crippen LogP contribution in [0.2, 0.25) is 0 Å². The number of amides is 1. The quantitative estimate of drug-likeness (QED) is 0.611. The van der Waals surface area contributed by atoms with Crippen molar-refractivity contribution in [2.75, 3.05) is 12.4 Å². The highest BCUT2D eigenvalue weighted by atomic mass is 32.1. The van der Waals surface area contributed by atoms with Gasteiger partial charge in [-0.15, -0.1) is 11.3 Å². The van der Waals surface area contributed by atoms with Gasteiger partial charge in [0.15, 0.2) is 0 Å². The summed E-state index contributed by atoms with van der Waals surface area (Å²) in [5.41, 5.74) is 2.73. The molecule has 0 fully saturated rings. The Hall–Kier alpha value is -3.19. The van der Waals surface area contributed by atoms with E-state index >= 15 is 0 Å². The summed E-state index contributed by atoms with van der Waals surface area (Å²) in [6.45, 7) is 2.05. The standard InChI is InChI=1S/C21H20N2O4S/c1-14-22-18(13-28-14)11-20(24)27-12-15-3-5-16(6-4-15)21(25)23-17-7-9-19(26-2)10-8-17/h3-10,13H,11-12H2,1-2H3,(H,23,25). The van der Waals surface area contributed by atoms with Crippen molar-refractivity contribution in [3.63, 3.8) is 0 Å². The third-order valence-corrected chi connectivity index (χ3v) is 4.78. The first-order valence-electron chi connectivity index (χ1n) is 8.64. The highest BCUT2D eigenvalue weighted by Crippen LogP contribution is 2.16. The lowest BCUT2D eigenvalue weighted by Crippen LogP contribution is -2.12. The molecule has 28 heavy (non-hydrogen) atoms. The topological polar surface area (TPSA) is 77.5 Å². The number of hydrogen-bond donors (Lipinski definition) is 1. The maximum atomic E-state index is 12.3. The molecule has 0 saturated carbocycles. The van der Waals surface area contributed by atoms with Gasteiger partial charge < -0.3 is 14.8 Å². The molecule has 1 amide bonds. The van der Waals surface area contributed by atoms with Gasteiger partial charge in [0.25, 0.3) is 5.91 Å². The minimum absolute atomic E-state index is 0.155. The van der Waals surface area contributed by atoms with Crippen molar-refractivity contribution in [1.82, 2.24) is 4.98 Å². The second kappa shape index (κ2) is 9.14. The summed E-state index contributed by atoms with van der Waals surface area (Å²) in [5.74, 6) is 0.182. The lowest BCUT2D eigenvalue weighted by atomic mass is 10.1. The maximum absolute atomic E-state index is 12.3. The molecule has 1 heterocycles. The lowest BCUT2D eigenvalue weighted by molar-refractivity contribution is -0.144. The lowest BCUT2D eigenvalue weighted by Gasteiger charge is -2.08. The number of carbonyl (C=O) groups excluding carboxylic acids is 2. The minimum atomic E-state index is -0.327. The molecule has 0 aliphatic rings. The fourth-order valence-corrected chi connectivity index (χ4v) is 3.09. The van der Waals surface area contributed by atoms with Crippen LogP contribution in [-0.2, 0) is 22.6 Å². The van der Waals surface area contributed by atoms with Crippen LogP contribution in [0.4, 0.5) is 5.69 Å². The Morgan fingerprint density at radius 3 is 2.39 bits per heavy atom. The predicted molar refractivity (Wildman–Crippen MR) is 108 cm³/mol. The second-order valence-electron chi connectivity index (χ2n) is 6.07. The molecule has 0 radical (unpaired) electrons. The average Bonchev–Trinajstić information content (AvgIpc) is 3.12. The SMILES string of the molecule is COc1ccc(NC(=O)c2ccc(COC(=O)Cc3csc(C)n3)cc2)cc1. The predicted octanol–water partition coefficient (Wildman–Crippen LogP) is 4.00. The van der Waals surface area contributed by atoms with Crippen molar-refractivity contribution in [2.45, 2.75) is 20.0 Å².